The quantitative estimate of drug-likeness (QED) is 0.279. The summed E-state index contributed by atoms with van der Waals surface area (Å²) in [5.74, 6) is 0.461. The van der Waals surface area contributed by atoms with Crippen molar-refractivity contribution in [3.05, 3.63) is 67.1 Å². The van der Waals surface area contributed by atoms with Gasteiger partial charge >= 0.3 is 0 Å². The van der Waals surface area contributed by atoms with E-state index in [4.69, 9.17) is 15.5 Å². The molecule has 4 rings (SSSR count). The number of nitrogens with zero attached hydrogens (tertiary/aromatic N) is 4. The van der Waals surface area contributed by atoms with Gasteiger partial charge in [-0.05, 0) is 36.4 Å². The Bertz CT molecular complexity index is 1240. The average Bonchev–Trinajstić information content (AvgIpc) is 3.11. The van der Waals surface area contributed by atoms with Gasteiger partial charge in [0.1, 0.15) is 12.5 Å². The summed E-state index contributed by atoms with van der Waals surface area (Å²) in [4.78, 5) is 13.6. The minimum absolute atomic E-state index is 0.401. The number of ether oxygens (including phenoxy) is 1. The van der Waals surface area contributed by atoms with Crippen LogP contribution in [0.4, 0.5) is 5.82 Å². The van der Waals surface area contributed by atoms with Gasteiger partial charge in [0.25, 0.3) is 0 Å². The van der Waals surface area contributed by atoms with Crippen LogP contribution in [0.5, 0.6) is 0 Å². The predicted molar refractivity (Wildman–Crippen MR) is 135 cm³/mol. The number of aromatic nitrogens is 4. The molecule has 0 fully saturated rings. The van der Waals surface area contributed by atoms with Crippen molar-refractivity contribution in [2.24, 2.45) is 0 Å². The minimum atomic E-state index is -1.20. The molecular formula is C25H29N5OSi. The Balaban J connectivity index is 1.96. The average molecular weight is 444 g/mol. The molecule has 0 bridgehead atoms. The zero-order chi connectivity index (χ0) is 22.7. The second-order valence-corrected chi connectivity index (χ2v) is 14.6. The van der Waals surface area contributed by atoms with Crippen molar-refractivity contribution in [1.82, 2.24) is 19.5 Å². The highest BCUT2D eigenvalue weighted by Crippen LogP contribution is 2.40. The molecule has 0 spiro atoms. The number of hydrogen-bond acceptors (Lipinski definition) is 5. The van der Waals surface area contributed by atoms with Crippen LogP contribution >= 0.6 is 0 Å². The number of rotatable bonds is 8. The van der Waals surface area contributed by atoms with Crippen LogP contribution in [0.15, 0.2) is 61.6 Å². The highest BCUT2D eigenvalue weighted by molar-refractivity contribution is 6.76. The largest absolute Gasteiger partial charge is 0.384 e. The van der Waals surface area contributed by atoms with E-state index < -0.39 is 8.07 Å². The van der Waals surface area contributed by atoms with E-state index in [2.05, 4.69) is 40.8 Å². The molecule has 0 unspecified atom stereocenters. The Morgan fingerprint density at radius 2 is 1.88 bits per heavy atom. The van der Waals surface area contributed by atoms with Gasteiger partial charge in [0.05, 0.1) is 28.0 Å². The van der Waals surface area contributed by atoms with E-state index >= 15 is 0 Å². The normalized spacial score (nSPS) is 11.7. The summed E-state index contributed by atoms with van der Waals surface area (Å²) in [6.07, 6.45) is 7.19. The van der Waals surface area contributed by atoms with Crippen LogP contribution in [-0.2, 0) is 11.5 Å². The predicted octanol–water partition coefficient (Wildman–Crippen LogP) is 5.70. The Hall–Kier alpha value is -3.29. The van der Waals surface area contributed by atoms with Crippen LogP contribution < -0.4 is 5.73 Å². The van der Waals surface area contributed by atoms with Crippen LogP contribution in [-0.4, -0.2) is 34.2 Å². The molecule has 0 radical (unpaired) electrons. The van der Waals surface area contributed by atoms with Crippen molar-refractivity contribution in [3.8, 4) is 22.5 Å². The van der Waals surface area contributed by atoms with Crippen molar-refractivity contribution >= 4 is 31.0 Å². The maximum Gasteiger partial charge on any atom is 0.123 e. The van der Waals surface area contributed by atoms with Gasteiger partial charge < -0.3 is 15.0 Å². The number of anilines is 1. The molecule has 0 aliphatic heterocycles. The topological polar surface area (TPSA) is 78.9 Å². The van der Waals surface area contributed by atoms with Crippen LogP contribution in [0.2, 0.25) is 25.7 Å². The van der Waals surface area contributed by atoms with Gasteiger partial charge in [-0.1, -0.05) is 38.4 Å². The molecule has 164 valence electrons. The molecular weight excluding hydrogens is 414 g/mol. The highest BCUT2D eigenvalue weighted by atomic mass is 28.3. The van der Waals surface area contributed by atoms with E-state index in [-0.39, 0.29) is 0 Å². The summed E-state index contributed by atoms with van der Waals surface area (Å²) in [5.41, 5.74) is 12.6. The lowest BCUT2D eigenvalue weighted by atomic mass is 10.0. The first-order valence-electron chi connectivity index (χ1n) is 10.7. The van der Waals surface area contributed by atoms with Gasteiger partial charge in [-0.25, -0.2) is 4.98 Å². The molecule has 4 heterocycles. The molecule has 0 saturated carbocycles. The van der Waals surface area contributed by atoms with E-state index in [1.54, 1.807) is 12.4 Å². The summed E-state index contributed by atoms with van der Waals surface area (Å²) < 4.78 is 8.38. The number of nitrogens with two attached hydrogens (primary N) is 1. The van der Waals surface area contributed by atoms with Crippen LogP contribution in [0, 0.1) is 0 Å². The Morgan fingerprint density at radius 1 is 1.06 bits per heavy atom. The smallest absolute Gasteiger partial charge is 0.123 e. The van der Waals surface area contributed by atoms with E-state index in [9.17, 15) is 0 Å². The van der Waals surface area contributed by atoms with Crippen molar-refractivity contribution in [1.29, 1.82) is 0 Å². The van der Waals surface area contributed by atoms with Gasteiger partial charge in [-0.2, -0.15) is 0 Å². The third kappa shape index (κ3) is 4.49. The van der Waals surface area contributed by atoms with E-state index in [0.29, 0.717) is 12.5 Å². The van der Waals surface area contributed by atoms with Crippen molar-refractivity contribution in [3.63, 3.8) is 0 Å². The second-order valence-electron chi connectivity index (χ2n) is 8.99. The maximum atomic E-state index is 6.21. The molecule has 0 atom stereocenters. The second kappa shape index (κ2) is 9.06. The molecule has 2 N–H and O–H groups in total. The van der Waals surface area contributed by atoms with Crippen LogP contribution in [0.1, 0.15) is 5.56 Å². The highest BCUT2D eigenvalue weighted by Gasteiger charge is 2.24. The number of pyridine rings is 3. The summed E-state index contributed by atoms with van der Waals surface area (Å²) >= 11 is 0. The standard InChI is InChI=1S/C25H29N5OSi/c1-5-18-9-13-29-23-22(20-8-6-7-11-27-20)24(19-10-12-28-21(26)16-19)30(25(18)23)17-31-14-15-32(2,3)4/h5-13,16H,1,14-15,17H2,2-4H3,(H2,26,28). The Morgan fingerprint density at radius 3 is 2.56 bits per heavy atom. The molecule has 0 aliphatic rings. The number of nitrogen functional groups attached to an aromatic ring is 1. The molecule has 0 amide bonds. The van der Waals surface area contributed by atoms with Crippen LogP contribution in [0.3, 0.4) is 0 Å². The fourth-order valence-corrected chi connectivity index (χ4v) is 4.53. The SMILES string of the molecule is C=Cc1ccnc2c(-c3ccccn3)c(-c3ccnc(N)c3)n(COCC[Si](C)(C)C)c12. The van der Waals surface area contributed by atoms with Crippen molar-refractivity contribution in [2.45, 2.75) is 32.4 Å². The fraction of sp³-hybridized carbons (Fsp3) is 0.240. The van der Waals surface area contributed by atoms with E-state index in [0.717, 1.165) is 51.8 Å². The monoisotopic (exact) mass is 443 g/mol. The first-order chi connectivity index (χ1) is 15.4. The molecule has 32 heavy (non-hydrogen) atoms. The molecule has 4 aromatic rings. The summed E-state index contributed by atoms with van der Waals surface area (Å²) in [5, 5.41) is 0. The molecule has 0 aliphatic carbocycles. The summed E-state index contributed by atoms with van der Waals surface area (Å²) in [6.45, 7) is 12.2. The lowest BCUT2D eigenvalue weighted by Gasteiger charge is -2.17. The third-order valence-corrected chi connectivity index (χ3v) is 7.09. The zero-order valence-electron chi connectivity index (χ0n) is 18.9. The Labute approximate surface area is 189 Å². The van der Waals surface area contributed by atoms with Gasteiger partial charge in [-0.15, -0.1) is 0 Å². The fourth-order valence-electron chi connectivity index (χ4n) is 3.77. The molecule has 4 aromatic heterocycles. The maximum absolute atomic E-state index is 6.21. The summed E-state index contributed by atoms with van der Waals surface area (Å²) in [6, 6.07) is 12.8. The minimum Gasteiger partial charge on any atom is -0.384 e. The molecule has 7 heteroatoms. The zero-order valence-corrected chi connectivity index (χ0v) is 19.9. The first kappa shape index (κ1) is 21.9. The van der Waals surface area contributed by atoms with Crippen molar-refractivity contribution < 1.29 is 4.74 Å². The molecule has 0 saturated heterocycles. The van der Waals surface area contributed by atoms with E-state index in [1.807, 2.05) is 48.7 Å². The molecule has 6 nitrogen and oxygen atoms in total. The lowest BCUT2D eigenvalue weighted by Crippen LogP contribution is -2.22. The third-order valence-electron chi connectivity index (χ3n) is 5.38. The number of hydrogen-bond donors (Lipinski definition) is 1. The number of fused-ring (bicyclic) bond motifs is 1. The first-order valence-corrected chi connectivity index (χ1v) is 14.4. The van der Waals surface area contributed by atoms with Gasteiger partial charge in [0.15, 0.2) is 0 Å². The van der Waals surface area contributed by atoms with Crippen molar-refractivity contribution in [2.75, 3.05) is 12.3 Å². The van der Waals surface area contributed by atoms with E-state index in [1.165, 1.54) is 0 Å². The van der Waals surface area contributed by atoms with Crippen LogP contribution in [0.25, 0.3) is 39.6 Å². The van der Waals surface area contributed by atoms with Gasteiger partial charge in [0.2, 0.25) is 0 Å². The molecule has 0 aromatic carbocycles. The summed E-state index contributed by atoms with van der Waals surface area (Å²) in [7, 11) is -1.20. The van der Waals surface area contributed by atoms with Gasteiger partial charge in [0, 0.05) is 44.4 Å². The lowest BCUT2D eigenvalue weighted by molar-refractivity contribution is 0.0913. The Kier molecular flexibility index (Phi) is 6.21. The van der Waals surface area contributed by atoms with Gasteiger partial charge in [-0.3, -0.25) is 9.97 Å².